The number of para-hydroxylation sites is 2. The molecule has 2 aromatic carbocycles. The minimum Gasteiger partial charge on any atom is -0.460 e. The Bertz CT molecular complexity index is 807. The second-order valence-corrected chi connectivity index (χ2v) is 5.63. The zero-order valence-corrected chi connectivity index (χ0v) is 12.9. The number of carbonyl (C=O) groups is 1. The van der Waals surface area contributed by atoms with Crippen molar-refractivity contribution in [2.45, 2.75) is 19.9 Å². The fourth-order valence-electron chi connectivity index (χ4n) is 2.82. The van der Waals surface area contributed by atoms with Crippen molar-refractivity contribution in [2.75, 3.05) is 6.61 Å². The SMILES string of the molecule is C=C(C)C(=O)OCC(C)n1c2ccccc2c2ccccc21. The highest BCUT2D eigenvalue weighted by atomic mass is 16.5. The number of esters is 1. The van der Waals surface area contributed by atoms with E-state index in [1.807, 2.05) is 24.3 Å². The summed E-state index contributed by atoms with van der Waals surface area (Å²) in [5.41, 5.74) is 2.74. The molecule has 1 unspecified atom stereocenters. The Morgan fingerprint density at radius 3 is 2.09 bits per heavy atom. The van der Waals surface area contributed by atoms with Gasteiger partial charge in [-0.3, -0.25) is 0 Å². The van der Waals surface area contributed by atoms with E-state index in [1.54, 1.807) is 6.92 Å². The fourth-order valence-corrected chi connectivity index (χ4v) is 2.82. The van der Waals surface area contributed by atoms with Crippen LogP contribution in [0.1, 0.15) is 19.9 Å². The molecule has 3 nitrogen and oxygen atoms in total. The standard InChI is InChI=1S/C19H19NO2/c1-13(2)19(21)22-12-14(3)20-17-10-6-4-8-15(17)16-9-5-7-11-18(16)20/h4-11,14H,1,12H2,2-3H3. The van der Waals surface area contributed by atoms with Crippen LogP contribution in [-0.4, -0.2) is 17.1 Å². The van der Waals surface area contributed by atoms with Gasteiger partial charge < -0.3 is 9.30 Å². The van der Waals surface area contributed by atoms with Crippen molar-refractivity contribution in [1.29, 1.82) is 0 Å². The zero-order chi connectivity index (χ0) is 15.7. The molecule has 3 aromatic rings. The van der Waals surface area contributed by atoms with Gasteiger partial charge in [0.15, 0.2) is 0 Å². The van der Waals surface area contributed by atoms with Crippen molar-refractivity contribution in [3.8, 4) is 0 Å². The van der Waals surface area contributed by atoms with Crippen LogP contribution in [-0.2, 0) is 9.53 Å². The maximum Gasteiger partial charge on any atom is 0.333 e. The number of hydrogen-bond acceptors (Lipinski definition) is 2. The van der Waals surface area contributed by atoms with E-state index in [2.05, 4.69) is 42.3 Å². The Hall–Kier alpha value is -2.55. The molecule has 0 bridgehead atoms. The average Bonchev–Trinajstić information content (AvgIpc) is 2.87. The average molecular weight is 293 g/mol. The van der Waals surface area contributed by atoms with Gasteiger partial charge in [0.2, 0.25) is 0 Å². The van der Waals surface area contributed by atoms with Gasteiger partial charge in [-0.05, 0) is 26.0 Å². The van der Waals surface area contributed by atoms with E-state index in [1.165, 1.54) is 10.8 Å². The van der Waals surface area contributed by atoms with Gasteiger partial charge in [0.25, 0.3) is 0 Å². The summed E-state index contributed by atoms with van der Waals surface area (Å²) in [6, 6.07) is 16.7. The maximum atomic E-state index is 11.6. The van der Waals surface area contributed by atoms with Gasteiger partial charge in [-0.15, -0.1) is 0 Å². The predicted molar refractivity (Wildman–Crippen MR) is 89.9 cm³/mol. The normalized spacial score (nSPS) is 12.5. The molecule has 0 fully saturated rings. The van der Waals surface area contributed by atoms with E-state index in [4.69, 9.17) is 4.74 Å². The predicted octanol–water partition coefficient (Wildman–Crippen LogP) is 4.47. The van der Waals surface area contributed by atoms with Crippen LogP contribution in [0.4, 0.5) is 0 Å². The molecule has 0 N–H and O–H groups in total. The minimum atomic E-state index is -0.340. The van der Waals surface area contributed by atoms with Crippen LogP contribution in [0.5, 0.6) is 0 Å². The summed E-state index contributed by atoms with van der Waals surface area (Å²) >= 11 is 0. The van der Waals surface area contributed by atoms with Crippen molar-refractivity contribution in [1.82, 2.24) is 4.57 Å². The van der Waals surface area contributed by atoms with E-state index in [-0.39, 0.29) is 12.0 Å². The molecule has 112 valence electrons. The molecule has 3 heteroatoms. The lowest BCUT2D eigenvalue weighted by Crippen LogP contribution is -2.15. The Labute approximate surface area is 129 Å². The highest BCUT2D eigenvalue weighted by Crippen LogP contribution is 2.31. The Balaban J connectivity index is 2.04. The van der Waals surface area contributed by atoms with Crippen LogP contribution < -0.4 is 0 Å². The van der Waals surface area contributed by atoms with Gasteiger partial charge >= 0.3 is 5.97 Å². The highest BCUT2D eigenvalue weighted by molar-refractivity contribution is 6.08. The largest absolute Gasteiger partial charge is 0.460 e. The molecule has 22 heavy (non-hydrogen) atoms. The lowest BCUT2D eigenvalue weighted by Gasteiger charge is -2.17. The second kappa shape index (κ2) is 5.68. The van der Waals surface area contributed by atoms with E-state index >= 15 is 0 Å². The van der Waals surface area contributed by atoms with Crippen molar-refractivity contribution < 1.29 is 9.53 Å². The second-order valence-electron chi connectivity index (χ2n) is 5.63. The number of aromatic nitrogens is 1. The van der Waals surface area contributed by atoms with E-state index < -0.39 is 0 Å². The lowest BCUT2D eigenvalue weighted by molar-refractivity contribution is -0.139. The molecule has 0 saturated carbocycles. The summed E-state index contributed by atoms with van der Waals surface area (Å²) in [6.07, 6.45) is 0. The number of hydrogen-bond donors (Lipinski definition) is 0. The minimum absolute atomic E-state index is 0.0492. The molecule has 0 radical (unpaired) electrons. The van der Waals surface area contributed by atoms with Crippen molar-refractivity contribution >= 4 is 27.8 Å². The number of rotatable bonds is 4. The van der Waals surface area contributed by atoms with Crippen LogP contribution >= 0.6 is 0 Å². The molecular formula is C19H19NO2. The van der Waals surface area contributed by atoms with Crippen LogP contribution in [0.3, 0.4) is 0 Å². The van der Waals surface area contributed by atoms with Gasteiger partial charge in [0.1, 0.15) is 6.61 Å². The number of benzene rings is 2. The molecule has 1 aromatic heterocycles. The van der Waals surface area contributed by atoms with Crippen LogP contribution in [0.15, 0.2) is 60.7 Å². The molecule has 3 rings (SSSR count). The van der Waals surface area contributed by atoms with Crippen LogP contribution in [0.2, 0.25) is 0 Å². The lowest BCUT2D eigenvalue weighted by atomic mass is 10.2. The smallest absolute Gasteiger partial charge is 0.333 e. The summed E-state index contributed by atoms with van der Waals surface area (Å²) in [7, 11) is 0. The molecule has 0 saturated heterocycles. The molecule has 0 aliphatic carbocycles. The molecule has 1 heterocycles. The fraction of sp³-hybridized carbons (Fsp3) is 0.211. The van der Waals surface area contributed by atoms with Crippen LogP contribution in [0.25, 0.3) is 21.8 Å². The Kier molecular flexibility index (Phi) is 3.72. The third-order valence-corrected chi connectivity index (χ3v) is 3.86. The van der Waals surface area contributed by atoms with E-state index in [0.717, 1.165) is 11.0 Å². The highest BCUT2D eigenvalue weighted by Gasteiger charge is 2.16. The quantitative estimate of drug-likeness (QED) is 0.525. The number of fused-ring (bicyclic) bond motifs is 3. The summed E-state index contributed by atoms with van der Waals surface area (Å²) in [6.45, 7) is 7.66. The number of carbonyl (C=O) groups excluding carboxylic acids is 1. The first-order valence-electron chi connectivity index (χ1n) is 7.40. The first-order chi connectivity index (χ1) is 10.6. The molecule has 0 amide bonds. The monoisotopic (exact) mass is 293 g/mol. The summed E-state index contributed by atoms with van der Waals surface area (Å²) in [5, 5.41) is 2.44. The molecule has 0 spiro atoms. The van der Waals surface area contributed by atoms with Crippen molar-refractivity contribution in [3.05, 3.63) is 60.7 Å². The van der Waals surface area contributed by atoms with Gasteiger partial charge in [0.05, 0.1) is 6.04 Å². The van der Waals surface area contributed by atoms with E-state index in [9.17, 15) is 4.79 Å². The molecule has 0 aliphatic heterocycles. The van der Waals surface area contributed by atoms with Crippen molar-refractivity contribution in [2.24, 2.45) is 0 Å². The third kappa shape index (κ3) is 2.39. The summed E-state index contributed by atoms with van der Waals surface area (Å²) < 4.78 is 7.56. The molecule has 1 atom stereocenters. The molecular weight excluding hydrogens is 274 g/mol. The Morgan fingerprint density at radius 1 is 1.09 bits per heavy atom. The van der Waals surface area contributed by atoms with Crippen LogP contribution in [0, 0.1) is 0 Å². The zero-order valence-electron chi connectivity index (χ0n) is 12.9. The maximum absolute atomic E-state index is 11.6. The van der Waals surface area contributed by atoms with Gasteiger partial charge in [-0.2, -0.15) is 0 Å². The summed E-state index contributed by atoms with van der Waals surface area (Å²) in [4.78, 5) is 11.6. The van der Waals surface area contributed by atoms with Gasteiger partial charge in [-0.25, -0.2) is 4.79 Å². The van der Waals surface area contributed by atoms with E-state index in [0.29, 0.717) is 12.2 Å². The molecule has 0 aliphatic rings. The van der Waals surface area contributed by atoms with Crippen molar-refractivity contribution in [3.63, 3.8) is 0 Å². The first-order valence-corrected chi connectivity index (χ1v) is 7.40. The topological polar surface area (TPSA) is 31.2 Å². The first kappa shape index (κ1) is 14.4. The Morgan fingerprint density at radius 2 is 1.59 bits per heavy atom. The number of nitrogens with zero attached hydrogens (tertiary/aromatic N) is 1. The number of ether oxygens (including phenoxy) is 1. The summed E-state index contributed by atoms with van der Waals surface area (Å²) in [5.74, 6) is -0.340. The van der Waals surface area contributed by atoms with Gasteiger partial charge in [-0.1, -0.05) is 43.0 Å². The van der Waals surface area contributed by atoms with Gasteiger partial charge in [0, 0.05) is 27.4 Å². The third-order valence-electron chi connectivity index (χ3n) is 3.86.